The highest BCUT2D eigenvalue weighted by molar-refractivity contribution is 5.71. The first-order chi connectivity index (χ1) is 49.2. The summed E-state index contributed by atoms with van der Waals surface area (Å²) in [6.45, 7) is 24.6. The molecule has 5 fully saturated rings. The molecule has 5 saturated carbocycles. The SMILES string of the molecule is CC1CCC(c2cc(C(C)(C)C)c(O)c(C(C)(C)C)c2)CC1.CCCC1CCC(C2CCC(c3ccc(OC(F)(F)F)cc3)CC2)CC1.CCCC1CCC(c2ccc(-c3ccc(C4CCC(CCC)CC4)cc3)cc2)CC1.CCCc1ccc(-c2ccc(-c3cc(F)c(F)c(F)c3)c(F)c2)cc1. The zero-order valence-electron chi connectivity index (χ0n) is 64.4. The minimum absolute atomic E-state index is 0.0177. The zero-order chi connectivity index (χ0) is 74.0. The molecule has 103 heavy (non-hydrogen) atoms. The second-order valence-corrected chi connectivity index (χ2v) is 33.9. The molecule has 2 nitrogen and oxygen atoms in total. The lowest BCUT2D eigenvalue weighted by molar-refractivity contribution is -0.274. The Morgan fingerprint density at radius 1 is 0.369 bits per heavy atom. The van der Waals surface area contributed by atoms with Gasteiger partial charge in [-0.1, -0.05) is 256 Å². The molecule has 0 saturated heterocycles. The first-order valence-corrected chi connectivity index (χ1v) is 40.2. The van der Waals surface area contributed by atoms with Gasteiger partial charge in [-0.25, -0.2) is 17.6 Å². The van der Waals surface area contributed by atoms with E-state index in [0.717, 1.165) is 94.6 Å². The minimum atomic E-state index is -4.62. The third-order valence-corrected chi connectivity index (χ3v) is 24.1. The van der Waals surface area contributed by atoms with Crippen LogP contribution in [-0.2, 0) is 17.3 Å². The molecule has 5 aliphatic carbocycles. The molecule has 560 valence electrons. The molecule has 0 spiro atoms. The average molecular weight is 1420 g/mol. The van der Waals surface area contributed by atoms with Crippen LogP contribution >= 0.6 is 0 Å². The maximum atomic E-state index is 14.4. The Labute approximate surface area is 616 Å². The molecule has 1 N–H and O–H groups in total. The number of aryl methyl sites for hydroxylation is 1. The molecule has 0 radical (unpaired) electrons. The highest BCUT2D eigenvalue weighted by Crippen LogP contribution is 2.48. The Hall–Kier alpha value is -6.35. The van der Waals surface area contributed by atoms with Crippen LogP contribution in [-0.4, -0.2) is 11.5 Å². The molecule has 9 heteroatoms. The predicted octanol–water partition coefficient (Wildman–Crippen LogP) is 29.8. The standard InChI is InChI=1S/C30H42.C22H31F3O.C21H16F4.C21H34O/c1-3-5-23-7-11-25(12-8-23)27-15-19-29(20-16-27)30-21-17-28(18-22-30)26-13-9-24(6-4-2)10-14-26;1-2-3-16-4-6-17(7-5-16)18-8-10-19(11-9-18)20-12-14-21(15-13-20)26-22(23,24)25;1-2-3-13-4-6-14(7-5-13)15-8-9-17(18(22)10-15)16-11-19(23)21(25)20(24)12-16;1-14-8-10-15(11-9-14)16-12-17(20(2,3)4)19(22)18(13-16)21(5,6)7/h15-26H,3-14H2,1-2H3;12-19H,2-11H2,1H3;4-12H,2-3H2,1H3;12-15,22H,8-11H2,1-7H3. The number of phenolic OH excluding ortho intramolecular Hbond substituents is 1. The molecule has 0 atom stereocenters. The second-order valence-electron chi connectivity index (χ2n) is 33.9. The van der Waals surface area contributed by atoms with Crippen molar-refractivity contribution in [3.63, 3.8) is 0 Å². The molecular formula is C94H123F7O2. The minimum Gasteiger partial charge on any atom is -0.507 e. The van der Waals surface area contributed by atoms with E-state index >= 15 is 0 Å². The third kappa shape index (κ3) is 23.3. The molecule has 5 aliphatic rings. The monoisotopic (exact) mass is 1420 g/mol. The van der Waals surface area contributed by atoms with Gasteiger partial charge < -0.3 is 9.84 Å². The maximum Gasteiger partial charge on any atom is 0.573 e. The van der Waals surface area contributed by atoms with Crippen molar-refractivity contribution in [2.24, 2.45) is 35.5 Å². The second kappa shape index (κ2) is 37.8. The van der Waals surface area contributed by atoms with E-state index in [9.17, 15) is 35.8 Å². The summed E-state index contributed by atoms with van der Waals surface area (Å²) >= 11 is 0. The highest BCUT2D eigenvalue weighted by atomic mass is 19.4. The quantitative estimate of drug-likeness (QED) is 0.0727. The van der Waals surface area contributed by atoms with Crippen molar-refractivity contribution in [1.82, 2.24) is 0 Å². The number of ether oxygens (including phenoxy) is 1. The van der Waals surface area contributed by atoms with Crippen molar-refractivity contribution in [2.75, 3.05) is 0 Å². The Morgan fingerprint density at radius 3 is 1.10 bits per heavy atom. The average Bonchev–Trinajstić information content (AvgIpc) is 0.782. The van der Waals surface area contributed by atoms with Crippen LogP contribution in [0.25, 0.3) is 33.4 Å². The van der Waals surface area contributed by atoms with Gasteiger partial charge in [-0.2, -0.15) is 0 Å². The van der Waals surface area contributed by atoms with E-state index in [0.29, 0.717) is 23.1 Å². The molecular weight excluding hydrogens is 1290 g/mol. The fourth-order valence-corrected chi connectivity index (χ4v) is 17.9. The van der Waals surface area contributed by atoms with Crippen molar-refractivity contribution >= 4 is 0 Å². The van der Waals surface area contributed by atoms with Crippen LogP contribution in [0.15, 0.2) is 140 Å². The lowest BCUT2D eigenvalue weighted by Crippen LogP contribution is -2.25. The molecule has 7 aromatic rings. The highest BCUT2D eigenvalue weighted by Gasteiger charge is 2.34. The van der Waals surface area contributed by atoms with E-state index < -0.39 is 29.6 Å². The molecule has 0 heterocycles. The van der Waals surface area contributed by atoms with Crippen molar-refractivity contribution in [3.05, 3.63) is 202 Å². The summed E-state index contributed by atoms with van der Waals surface area (Å²) in [5.41, 5.74) is 13.3. The number of phenols is 1. The van der Waals surface area contributed by atoms with Gasteiger partial charge in [0.25, 0.3) is 0 Å². The number of rotatable bonds is 17. The largest absolute Gasteiger partial charge is 0.573 e. The van der Waals surface area contributed by atoms with Gasteiger partial charge in [0.15, 0.2) is 17.5 Å². The fourth-order valence-electron chi connectivity index (χ4n) is 17.9. The van der Waals surface area contributed by atoms with Crippen LogP contribution in [0.4, 0.5) is 30.7 Å². The Kier molecular flexibility index (Phi) is 29.6. The first kappa shape index (κ1) is 80.7. The number of hydrogen-bond donors (Lipinski definition) is 1. The molecule has 12 rings (SSSR count). The first-order valence-electron chi connectivity index (χ1n) is 40.2. The van der Waals surface area contributed by atoms with E-state index in [-0.39, 0.29) is 27.7 Å². The summed E-state index contributed by atoms with van der Waals surface area (Å²) in [5, 5.41) is 10.8. The number of benzene rings is 7. The van der Waals surface area contributed by atoms with Crippen molar-refractivity contribution in [2.45, 2.75) is 297 Å². The summed E-state index contributed by atoms with van der Waals surface area (Å²) in [4.78, 5) is 0. The molecule has 0 amide bonds. The molecule has 0 aromatic heterocycles. The van der Waals surface area contributed by atoms with Crippen LogP contribution in [0.5, 0.6) is 11.5 Å². The van der Waals surface area contributed by atoms with Crippen LogP contribution in [0.2, 0.25) is 0 Å². The number of aromatic hydroxyl groups is 1. The number of alkyl halides is 3. The Bertz CT molecular complexity index is 3540. The lowest BCUT2D eigenvalue weighted by atomic mass is 9.68. The Balaban J connectivity index is 0.000000160. The van der Waals surface area contributed by atoms with Gasteiger partial charge in [0.1, 0.15) is 17.3 Å². The van der Waals surface area contributed by atoms with Crippen LogP contribution in [0.3, 0.4) is 0 Å². The van der Waals surface area contributed by atoms with Crippen molar-refractivity contribution < 1.29 is 40.6 Å². The van der Waals surface area contributed by atoms with Crippen molar-refractivity contribution in [3.8, 4) is 44.9 Å². The van der Waals surface area contributed by atoms with E-state index in [2.05, 4.69) is 142 Å². The van der Waals surface area contributed by atoms with Gasteiger partial charge in [-0.05, 0) is 276 Å². The molecule has 0 aliphatic heterocycles. The van der Waals surface area contributed by atoms with Crippen LogP contribution in [0.1, 0.15) is 312 Å². The summed E-state index contributed by atoms with van der Waals surface area (Å²) in [6.07, 6.45) is 32.7. The maximum absolute atomic E-state index is 14.4. The summed E-state index contributed by atoms with van der Waals surface area (Å²) in [6, 6.07) is 44.0. The van der Waals surface area contributed by atoms with Crippen LogP contribution in [0, 0.1) is 58.8 Å². The topological polar surface area (TPSA) is 29.5 Å². The summed E-state index contributed by atoms with van der Waals surface area (Å²) in [7, 11) is 0. The van der Waals surface area contributed by atoms with E-state index in [1.54, 1.807) is 17.2 Å². The van der Waals surface area contributed by atoms with Gasteiger partial charge >= 0.3 is 6.36 Å². The number of halogens is 7. The normalized spacial score (nSPS) is 23.2. The van der Waals surface area contributed by atoms with Gasteiger partial charge in [0.2, 0.25) is 0 Å². The number of hydrogen-bond acceptors (Lipinski definition) is 2. The van der Waals surface area contributed by atoms with Gasteiger partial charge in [-0.15, -0.1) is 13.2 Å². The molecule has 7 aromatic carbocycles. The van der Waals surface area contributed by atoms with E-state index in [1.807, 2.05) is 36.4 Å². The van der Waals surface area contributed by atoms with E-state index in [1.165, 1.54) is 213 Å². The van der Waals surface area contributed by atoms with Crippen molar-refractivity contribution in [1.29, 1.82) is 0 Å². The zero-order valence-corrected chi connectivity index (χ0v) is 64.4. The van der Waals surface area contributed by atoms with E-state index in [4.69, 9.17) is 0 Å². The lowest BCUT2D eigenvalue weighted by Gasteiger charge is -2.38. The predicted molar refractivity (Wildman–Crippen MR) is 416 cm³/mol. The fraction of sp³-hybridized carbons (Fsp3) is 0.553. The Morgan fingerprint density at radius 2 is 0.709 bits per heavy atom. The smallest absolute Gasteiger partial charge is 0.507 e. The molecule has 0 bridgehead atoms. The van der Waals surface area contributed by atoms with Gasteiger partial charge in [0.05, 0.1) is 0 Å². The molecule has 0 unspecified atom stereocenters. The van der Waals surface area contributed by atoms with Gasteiger partial charge in [0, 0.05) is 5.56 Å². The third-order valence-electron chi connectivity index (χ3n) is 24.1. The summed E-state index contributed by atoms with van der Waals surface area (Å²) in [5.74, 6) is 3.83. The van der Waals surface area contributed by atoms with Crippen LogP contribution < -0.4 is 4.74 Å². The summed E-state index contributed by atoms with van der Waals surface area (Å²) < 4.78 is 95.0. The van der Waals surface area contributed by atoms with Gasteiger partial charge in [-0.3, -0.25) is 0 Å².